The number of hydrogen-bond acceptors (Lipinski definition) is 4. The van der Waals surface area contributed by atoms with Crippen LogP contribution < -0.4 is 0 Å². The minimum atomic E-state index is -0.152. The van der Waals surface area contributed by atoms with Crippen molar-refractivity contribution in [3.8, 4) is 0 Å². The highest BCUT2D eigenvalue weighted by molar-refractivity contribution is 7.99. The van der Waals surface area contributed by atoms with Crippen LogP contribution >= 0.6 is 11.8 Å². The van der Waals surface area contributed by atoms with E-state index in [0.717, 1.165) is 37.7 Å². The van der Waals surface area contributed by atoms with Crippen molar-refractivity contribution in [2.24, 2.45) is 5.41 Å². The molecule has 0 spiro atoms. The normalized spacial score (nSPS) is 27.6. The molecule has 0 aromatic heterocycles. The van der Waals surface area contributed by atoms with Gasteiger partial charge < -0.3 is 9.64 Å². The minimum Gasteiger partial charge on any atom is -0.469 e. The summed E-state index contributed by atoms with van der Waals surface area (Å²) in [5.41, 5.74) is -0.152. The monoisotopic (exact) mass is 271 g/mol. The van der Waals surface area contributed by atoms with Crippen molar-refractivity contribution in [2.75, 3.05) is 32.5 Å². The third-order valence-corrected chi connectivity index (χ3v) is 5.30. The van der Waals surface area contributed by atoms with Gasteiger partial charge in [0.15, 0.2) is 0 Å². The van der Waals surface area contributed by atoms with E-state index in [1.54, 1.807) is 0 Å². The summed E-state index contributed by atoms with van der Waals surface area (Å²) in [6, 6.07) is 0. The molecule has 1 atom stereocenters. The second kappa shape index (κ2) is 6.29. The lowest BCUT2D eigenvalue weighted by Crippen LogP contribution is -2.38. The van der Waals surface area contributed by atoms with Crippen LogP contribution in [0.25, 0.3) is 0 Å². The number of thioether (sulfide) groups is 1. The van der Waals surface area contributed by atoms with Crippen molar-refractivity contribution in [3.63, 3.8) is 0 Å². The van der Waals surface area contributed by atoms with Crippen molar-refractivity contribution in [1.82, 2.24) is 4.90 Å². The number of hydrogen-bond donors (Lipinski definition) is 0. The molecule has 1 saturated heterocycles. The van der Waals surface area contributed by atoms with Gasteiger partial charge in [0.05, 0.1) is 12.5 Å². The predicted octanol–water partition coefficient (Wildman–Crippen LogP) is 2.55. The van der Waals surface area contributed by atoms with Gasteiger partial charge in [0.2, 0.25) is 0 Å². The Morgan fingerprint density at radius 2 is 2.22 bits per heavy atom. The highest BCUT2D eigenvalue weighted by Gasteiger charge is 2.52. The zero-order valence-electron chi connectivity index (χ0n) is 11.6. The number of likely N-dealkylation sites (tertiary alicyclic amines) is 1. The average molecular weight is 271 g/mol. The molecule has 1 aliphatic carbocycles. The topological polar surface area (TPSA) is 29.5 Å². The molecule has 0 aromatic carbocycles. The zero-order valence-corrected chi connectivity index (χ0v) is 12.4. The van der Waals surface area contributed by atoms with Crippen molar-refractivity contribution in [3.05, 3.63) is 0 Å². The minimum absolute atomic E-state index is 0.00596. The molecule has 2 aliphatic rings. The Kier molecular flexibility index (Phi) is 4.96. The highest BCUT2D eigenvalue weighted by Crippen LogP contribution is 2.47. The van der Waals surface area contributed by atoms with Gasteiger partial charge in [-0.25, -0.2) is 0 Å². The summed E-state index contributed by atoms with van der Waals surface area (Å²) >= 11 is 2.07. The molecule has 2 rings (SSSR count). The van der Waals surface area contributed by atoms with Crippen LogP contribution in [0.1, 0.15) is 39.0 Å². The van der Waals surface area contributed by atoms with Crippen LogP contribution in [-0.4, -0.2) is 48.6 Å². The molecule has 0 bridgehead atoms. The fraction of sp³-hybridized carbons (Fsp3) is 0.929. The van der Waals surface area contributed by atoms with Gasteiger partial charge in [-0.15, -0.1) is 0 Å². The zero-order chi connectivity index (χ0) is 13.0. The van der Waals surface area contributed by atoms with Crippen molar-refractivity contribution < 1.29 is 9.53 Å². The van der Waals surface area contributed by atoms with Crippen LogP contribution in [0.4, 0.5) is 0 Å². The van der Waals surface area contributed by atoms with Gasteiger partial charge in [0, 0.05) is 18.3 Å². The molecule has 3 nitrogen and oxygen atoms in total. The number of esters is 1. The van der Waals surface area contributed by atoms with Gasteiger partial charge in [-0.05, 0) is 38.0 Å². The van der Waals surface area contributed by atoms with E-state index in [9.17, 15) is 4.79 Å². The van der Waals surface area contributed by atoms with E-state index >= 15 is 0 Å². The number of carbonyl (C=O) groups excluding carboxylic acids is 1. The summed E-state index contributed by atoms with van der Waals surface area (Å²) in [5, 5.41) is 0.756. The van der Waals surface area contributed by atoms with Crippen molar-refractivity contribution in [1.29, 1.82) is 0 Å². The first-order chi connectivity index (χ1) is 8.70. The van der Waals surface area contributed by atoms with E-state index < -0.39 is 0 Å². The fourth-order valence-corrected chi connectivity index (χ4v) is 4.04. The highest BCUT2D eigenvalue weighted by atomic mass is 32.2. The number of carbonyl (C=O) groups is 1. The Balaban J connectivity index is 1.89. The Hall–Kier alpha value is -0.220. The molecular formula is C14H25NO2S. The summed E-state index contributed by atoms with van der Waals surface area (Å²) in [7, 11) is 1.51. The molecule has 1 aliphatic heterocycles. The first kappa shape index (κ1) is 14.2. The number of nitrogens with zero attached hydrogens (tertiary/aromatic N) is 1. The van der Waals surface area contributed by atoms with Crippen LogP contribution in [0.5, 0.6) is 0 Å². The fourth-order valence-electron chi connectivity index (χ4n) is 2.92. The van der Waals surface area contributed by atoms with Crippen molar-refractivity contribution >= 4 is 17.7 Å². The lowest BCUT2D eigenvalue weighted by molar-refractivity contribution is -0.147. The SMILES string of the molecule is CCS[C@H]1CCCCN(CC2(C(=O)OC)CC2)C1. The largest absolute Gasteiger partial charge is 0.469 e. The van der Waals surface area contributed by atoms with Crippen LogP contribution in [0, 0.1) is 5.41 Å². The van der Waals surface area contributed by atoms with Gasteiger partial charge in [0.25, 0.3) is 0 Å². The maximum atomic E-state index is 11.8. The van der Waals surface area contributed by atoms with Crippen LogP contribution in [0.15, 0.2) is 0 Å². The van der Waals surface area contributed by atoms with Gasteiger partial charge in [-0.2, -0.15) is 11.8 Å². The van der Waals surface area contributed by atoms with E-state index in [2.05, 4.69) is 23.6 Å². The Bertz CT molecular complexity index is 292. The number of methoxy groups -OCH3 is 1. The molecule has 0 N–H and O–H groups in total. The molecule has 0 aromatic rings. The van der Waals surface area contributed by atoms with E-state index in [0.29, 0.717) is 0 Å². The van der Waals surface area contributed by atoms with Crippen LogP contribution in [0.3, 0.4) is 0 Å². The predicted molar refractivity (Wildman–Crippen MR) is 75.9 cm³/mol. The first-order valence-electron chi connectivity index (χ1n) is 7.12. The summed E-state index contributed by atoms with van der Waals surface area (Å²) < 4.78 is 4.95. The molecule has 18 heavy (non-hydrogen) atoms. The average Bonchev–Trinajstić information content (AvgIpc) is 3.16. The summed E-state index contributed by atoms with van der Waals surface area (Å²) in [4.78, 5) is 14.3. The van der Waals surface area contributed by atoms with E-state index in [1.165, 1.54) is 32.1 Å². The molecule has 0 radical (unpaired) electrons. The molecular weight excluding hydrogens is 246 g/mol. The maximum absolute atomic E-state index is 11.8. The molecule has 104 valence electrons. The van der Waals surface area contributed by atoms with E-state index in [1.807, 2.05) is 0 Å². The standard InChI is InChI=1S/C14H25NO2S/c1-3-18-12-6-4-5-9-15(10-12)11-14(7-8-14)13(16)17-2/h12H,3-11H2,1-2H3/t12-/m0/s1. The third kappa shape index (κ3) is 3.41. The van der Waals surface area contributed by atoms with E-state index in [4.69, 9.17) is 4.74 Å². The first-order valence-corrected chi connectivity index (χ1v) is 8.17. The Morgan fingerprint density at radius 1 is 1.44 bits per heavy atom. The van der Waals surface area contributed by atoms with Gasteiger partial charge in [-0.3, -0.25) is 4.79 Å². The maximum Gasteiger partial charge on any atom is 0.313 e. The number of rotatable bonds is 5. The lowest BCUT2D eigenvalue weighted by atomic mass is 10.1. The Morgan fingerprint density at radius 3 is 2.83 bits per heavy atom. The second-order valence-electron chi connectivity index (χ2n) is 5.58. The summed E-state index contributed by atoms with van der Waals surface area (Å²) in [6.07, 6.45) is 5.97. The molecule has 0 unspecified atom stereocenters. The smallest absolute Gasteiger partial charge is 0.313 e. The molecule has 0 amide bonds. The van der Waals surface area contributed by atoms with Crippen molar-refractivity contribution in [2.45, 2.75) is 44.3 Å². The molecule has 2 fully saturated rings. The molecule has 1 saturated carbocycles. The van der Waals surface area contributed by atoms with Crippen LogP contribution in [0.2, 0.25) is 0 Å². The quantitative estimate of drug-likeness (QED) is 0.719. The van der Waals surface area contributed by atoms with Gasteiger partial charge in [-0.1, -0.05) is 13.3 Å². The molecule has 4 heteroatoms. The lowest BCUT2D eigenvalue weighted by Gasteiger charge is -2.27. The van der Waals surface area contributed by atoms with Crippen LogP contribution in [-0.2, 0) is 9.53 Å². The summed E-state index contributed by atoms with van der Waals surface area (Å²) in [5.74, 6) is 1.20. The van der Waals surface area contributed by atoms with Gasteiger partial charge >= 0.3 is 5.97 Å². The third-order valence-electron chi connectivity index (χ3n) is 4.11. The molecule has 1 heterocycles. The summed E-state index contributed by atoms with van der Waals surface area (Å²) in [6.45, 7) is 5.45. The second-order valence-corrected chi connectivity index (χ2v) is 7.16. The van der Waals surface area contributed by atoms with Gasteiger partial charge in [0.1, 0.15) is 0 Å². The Labute approximate surface area is 115 Å². The number of ether oxygens (including phenoxy) is 1. The van der Waals surface area contributed by atoms with E-state index in [-0.39, 0.29) is 11.4 Å².